The van der Waals surface area contributed by atoms with E-state index in [-0.39, 0.29) is 17.3 Å². The van der Waals surface area contributed by atoms with E-state index in [1.165, 1.54) is 12.1 Å². The molecule has 0 radical (unpaired) electrons. The smallest absolute Gasteiger partial charge is 0.423 e. The normalized spacial score (nSPS) is 11.8. The first-order valence-corrected chi connectivity index (χ1v) is 7.45. The largest absolute Gasteiger partial charge is 0.490 e. The Morgan fingerprint density at radius 3 is 1.83 bits per heavy atom. The zero-order valence-corrected chi connectivity index (χ0v) is 14.5. The molecule has 0 aromatic heterocycles. The molecule has 23 heavy (non-hydrogen) atoms. The van der Waals surface area contributed by atoms with Gasteiger partial charge in [-0.2, -0.15) is 0 Å². The molecule has 0 atom stereocenters. The van der Waals surface area contributed by atoms with E-state index in [1.807, 2.05) is 0 Å². The third-order valence-electron chi connectivity index (χ3n) is 3.20. The number of amides is 2. The van der Waals surface area contributed by atoms with Gasteiger partial charge in [-0.25, -0.2) is 0 Å². The Balaban J connectivity index is 3.08. The van der Waals surface area contributed by atoms with Crippen LogP contribution in [-0.4, -0.2) is 29.0 Å². The number of carbonyl (C=O) groups excluding carboxylic acids is 2. The van der Waals surface area contributed by atoms with Gasteiger partial charge in [0.25, 0.3) is 0 Å². The Labute approximate surface area is 137 Å². The maximum Gasteiger partial charge on any atom is 0.490 e. The van der Waals surface area contributed by atoms with Crippen molar-refractivity contribution in [3.63, 3.8) is 0 Å². The quantitative estimate of drug-likeness (QED) is 0.632. The SMILES string of the molecule is CC(C)(C)C(=O)Nc1ccc(NC(=O)C(C)(C)C)c(B(O)O)c1. The summed E-state index contributed by atoms with van der Waals surface area (Å²) in [6, 6.07) is 4.58. The van der Waals surface area contributed by atoms with E-state index >= 15 is 0 Å². The molecule has 0 bridgehead atoms. The van der Waals surface area contributed by atoms with Crippen LogP contribution in [-0.2, 0) is 9.59 Å². The minimum atomic E-state index is -1.77. The predicted octanol–water partition coefficient (Wildman–Crippen LogP) is 1.34. The highest BCUT2D eigenvalue weighted by Crippen LogP contribution is 2.20. The highest BCUT2D eigenvalue weighted by molar-refractivity contribution is 6.61. The van der Waals surface area contributed by atoms with Crippen LogP contribution in [0.4, 0.5) is 11.4 Å². The van der Waals surface area contributed by atoms with Crippen molar-refractivity contribution >= 4 is 35.8 Å². The van der Waals surface area contributed by atoms with Crippen molar-refractivity contribution < 1.29 is 19.6 Å². The van der Waals surface area contributed by atoms with Crippen molar-refractivity contribution in [3.05, 3.63) is 18.2 Å². The molecule has 0 unspecified atom stereocenters. The number of carbonyl (C=O) groups is 2. The van der Waals surface area contributed by atoms with Gasteiger partial charge in [-0.3, -0.25) is 9.59 Å². The van der Waals surface area contributed by atoms with Crippen LogP contribution >= 0.6 is 0 Å². The van der Waals surface area contributed by atoms with Crippen LogP contribution in [0.5, 0.6) is 0 Å². The molecule has 0 saturated heterocycles. The minimum Gasteiger partial charge on any atom is -0.423 e. The van der Waals surface area contributed by atoms with Crippen LogP contribution in [0.2, 0.25) is 0 Å². The van der Waals surface area contributed by atoms with Gasteiger partial charge in [-0.05, 0) is 18.2 Å². The van der Waals surface area contributed by atoms with Gasteiger partial charge in [0.2, 0.25) is 11.8 Å². The monoisotopic (exact) mass is 320 g/mol. The third-order valence-corrected chi connectivity index (χ3v) is 3.20. The lowest BCUT2D eigenvalue weighted by Crippen LogP contribution is -2.37. The van der Waals surface area contributed by atoms with E-state index in [2.05, 4.69) is 10.6 Å². The van der Waals surface area contributed by atoms with Gasteiger partial charge in [0.1, 0.15) is 0 Å². The fourth-order valence-electron chi connectivity index (χ4n) is 1.60. The Morgan fingerprint density at radius 1 is 0.913 bits per heavy atom. The maximum atomic E-state index is 12.1. The van der Waals surface area contributed by atoms with E-state index in [0.717, 1.165) is 0 Å². The number of hydrogen-bond donors (Lipinski definition) is 4. The standard InChI is InChI=1S/C16H25BN2O4/c1-15(2,3)13(20)18-10-7-8-12(11(9-10)17(22)23)19-14(21)16(4,5)6/h7-9,22-23H,1-6H3,(H,18,20)(H,19,21). The maximum absolute atomic E-state index is 12.1. The van der Waals surface area contributed by atoms with E-state index in [4.69, 9.17) is 0 Å². The lowest BCUT2D eigenvalue weighted by Gasteiger charge is -2.21. The Bertz CT molecular complexity index is 601. The second kappa shape index (κ2) is 6.72. The summed E-state index contributed by atoms with van der Waals surface area (Å²) < 4.78 is 0. The topological polar surface area (TPSA) is 98.7 Å². The Hall–Kier alpha value is -1.86. The van der Waals surface area contributed by atoms with Crippen molar-refractivity contribution in [3.8, 4) is 0 Å². The lowest BCUT2D eigenvalue weighted by atomic mass is 9.78. The second-order valence-corrected chi connectivity index (χ2v) is 7.58. The summed E-state index contributed by atoms with van der Waals surface area (Å²) >= 11 is 0. The van der Waals surface area contributed by atoms with E-state index in [0.29, 0.717) is 11.4 Å². The van der Waals surface area contributed by atoms with Gasteiger partial charge in [0, 0.05) is 27.7 Å². The Kier molecular flexibility index (Phi) is 5.61. The molecule has 0 aliphatic carbocycles. The molecule has 1 rings (SSSR count). The van der Waals surface area contributed by atoms with Crippen LogP contribution in [0.1, 0.15) is 41.5 Å². The third kappa shape index (κ3) is 5.37. The van der Waals surface area contributed by atoms with Gasteiger partial charge in [0.05, 0.1) is 0 Å². The van der Waals surface area contributed by atoms with Gasteiger partial charge < -0.3 is 20.7 Å². The number of rotatable bonds is 3. The molecular weight excluding hydrogens is 295 g/mol. The molecule has 126 valence electrons. The number of hydrogen-bond acceptors (Lipinski definition) is 4. The van der Waals surface area contributed by atoms with Gasteiger partial charge in [0.15, 0.2) is 0 Å². The fraction of sp³-hybridized carbons (Fsp3) is 0.500. The van der Waals surface area contributed by atoms with Crippen LogP contribution in [0.25, 0.3) is 0 Å². The van der Waals surface area contributed by atoms with Crippen LogP contribution < -0.4 is 16.1 Å². The molecule has 1 aromatic rings. The molecule has 0 saturated carbocycles. The van der Waals surface area contributed by atoms with Gasteiger partial charge in [-0.1, -0.05) is 41.5 Å². The summed E-state index contributed by atoms with van der Waals surface area (Å²) in [5.41, 5.74) is -0.335. The molecule has 1 aromatic carbocycles. The first kappa shape index (κ1) is 19.2. The molecule has 0 fully saturated rings. The van der Waals surface area contributed by atoms with Crippen LogP contribution in [0.15, 0.2) is 18.2 Å². The fourth-order valence-corrected chi connectivity index (χ4v) is 1.60. The average molecular weight is 320 g/mol. The van der Waals surface area contributed by atoms with Crippen molar-refractivity contribution in [2.24, 2.45) is 10.8 Å². The summed E-state index contributed by atoms with van der Waals surface area (Å²) in [5.74, 6) is -0.437. The second-order valence-electron chi connectivity index (χ2n) is 7.58. The molecule has 0 heterocycles. The molecule has 6 nitrogen and oxygen atoms in total. The van der Waals surface area contributed by atoms with Crippen molar-refractivity contribution in [2.45, 2.75) is 41.5 Å². The number of benzene rings is 1. The zero-order chi connectivity index (χ0) is 18.0. The first-order chi connectivity index (χ1) is 10.3. The summed E-state index contributed by atoms with van der Waals surface area (Å²) in [6.45, 7) is 10.6. The number of anilines is 2. The van der Waals surface area contributed by atoms with Gasteiger partial charge >= 0.3 is 7.12 Å². The Morgan fingerprint density at radius 2 is 1.39 bits per heavy atom. The summed E-state index contributed by atoms with van der Waals surface area (Å²) in [4.78, 5) is 24.1. The van der Waals surface area contributed by atoms with E-state index < -0.39 is 17.9 Å². The van der Waals surface area contributed by atoms with E-state index in [9.17, 15) is 19.6 Å². The molecule has 0 spiro atoms. The van der Waals surface area contributed by atoms with Crippen LogP contribution in [0, 0.1) is 10.8 Å². The lowest BCUT2D eigenvalue weighted by molar-refractivity contribution is -0.123. The molecule has 7 heteroatoms. The summed E-state index contributed by atoms with van der Waals surface area (Å²) in [7, 11) is -1.77. The predicted molar refractivity (Wildman–Crippen MR) is 92.4 cm³/mol. The molecule has 0 aliphatic heterocycles. The summed E-state index contributed by atoms with van der Waals surface area (Å²) in [6.07, 6.45) is 0. The molecule has 4 N–H and O–H groups in total. The van der Waals surface area contributed by atoms with Crippen LogP contribution in [0.3, 0.4) is 0 Å². The minimum absolute atomic E-state index is 0.120. The highest BCUT2D eigenvalue weighted by Gasteiger charge is 2.26. The average Bonchev–Trinajstić information content (AvgIpc) is 2.37. The highest BCUT2D eigenvalue weighted by atomic mass is 16.4. The van der Waals surface area contributed by atoms with Crippen molar-refractivity contribution in [1.82, 2.24) is 0 Å². The molecule has 0 aliphatic rings. The number of nitrogens with one attached hydrogen (secondary N) is 2. The molecule has 2 amide bonds. The van der Waals surface area contributed by atoms with Gasteiger partial charge in [-0.15, -0.1) is 0 Å². The van der Waals surface area contributed by atoms with Crippen molar-refractivity contribution in [1.29, 1.82) is 0 Å². The summed E-state index contributed by atoms with van der Waals surface area (Å²) in [5, 5.41) is 24.4. The van der Waals surface area contributed by atoms with Crippen molar-refractivity contribution in [2.75, 3.05) is 10.6 Å². The van der Waals surface area contributed by atoms with E-state index in [1.54, 1.807) is 47.6 Å². The zero-order valence-electron chi connectivity index (χ0n) is 14.5. The molecular formula is C16H25BN2O4. The first-order valence-electron chi connectivity index (χ1n) is 7.45.